The Morgan fingerprint density at radius 1 is 0.702 bits per heavy atom. The Bertz CT molecular complexity index is 1710. The second-order valence-corrected chi connectivity index (χ2v) is 13.2. The monoisotopic (exact) mass is 658 g/mol. The standard InChI is InChI=1S/C39H42ClF3N4/c1-25(2)32-14-10-15-33(26(3)4)36(32)45-37(29-12-8-7-9-13-29)46-20-11-21-47(24-46)38(30-16-18-31(19-17-30)39(41,42)43)44-35-28(6)22-27(5)23-34(35)40/h7-10,12-19,22-23,25-26H,11,20-21,24H2,1-6H3. The lowest BCUT2D eigenvalue weighted by molar-refractivity contribution is -0.137. The average Bonchev–Trinajstić information content (AvgIpc) is 3.03. The first kappa shape index (κ1) is 34.2. The Morgan fingerprint density at radius 3 is 1.74 bits per heavy atom. The number of nitrogens with zero attached hydrogens (tertiary/aromatic N) is 4. The van der Waals surface area contributed by atoms with Gasteiger partial charge in [0.2, 0.25) is 0 Å². The van der Waals surface area contributed by atoms with Crippen molar-refractivity contribution in [2.75, 3.05) is 19.8 Å². The third-order valence-corrected chi connectivity index (χ3v) is 8.76. The molecule has 0 aliphatic carbocycles. The van der Waals surface area contributed by atoms with Crippen molar-refractivity contribution in [3.8, 4) is 0 Å². The Hall–Kier alpha value is -4.10. The minimum absolute atomic E-state index is 0.281. The molecule has 1 fully saturated rings. The van der Waals surface area contributed by atoms with E-state index < -0.39 is 11.7 Å². The Morgan fingerprint density at radius 2 is 1.23 bits per heavy atom. The number of rotatable bonds is 6. The van der Waals surface area contributed by atoms with E-state index in [-0.39, 0.29) is 11.8 Å². The first-order valence-electron chi connectivity index (χ1n) is 16.1. The summed E-state index contributed by atoms with van der Waals surface area (Å²) in [5.41, 5.74) is 6.76. The molecule has 246 valence electrons. The highest BCUT2D eigenvalue weighted by Crippen LogP contribution is 2.37. The van der Waals surface area contributed by atoms with Gasteiger partial charge < -0.3 is 9.80 Å². The number of aliphatic imine (C=N–C) groups is 2. The van der Waals surface area contributed by atoms with Gasteiger partial charge >= 0.3 is 6.18 Å². The fraction of sp³-hybridized carbons (Fsp3) is 0.333. The highest BCUT2D eigenvalue weighted by Gasteiger charge is 2.31. The second kappa shape index (κ2) is 14.3. The molecule has 0 spiro atoms. The van der Waals surface area contributed by atoms with Crippen LogP contribution < -0.4 is 0 Å². The molecule has 0 saturated carbocycles. The molecule has 4 aromatic carbocycles. The number of amidine groups is 2. The molecule has 0 aromatic heterocycles. The van der Waals surface area contributed by atoms with E-state index in [2.05, 4.69) is 67.8 Å². The number of aryl methyl sites for hydroxylation is 2. The summed E-state index contributed by atoms with van der Waals surface area (Å²) in [4.78, 5) is 14.9. The third-order valence-electron chi connectivity index (χ3n) is 8.48. The fourth-order valence-electron chi connectivity index (χ4n) is 6.08. The average molecular weight is 659 g/mol. The largest absolute Gasteiger partial charge is 0.416 e. The predicted octanol–water partition coefficient (Wildman–Crippen LogP) is 11.0. The lowest BCUT2D eigenvalue weighted by Crippen LogP contribution is -2.50. The van der Waals surface area contributed by atoms with E-state index in [1.54, 1.807) is 0 Å². The van der Waals surface area contributed by atoms with Gasteiger partial charge in [-0.1, -0.05) is 106 Å². The molecule has 0 unspecified atom stereocenters. The minimum atomic E-state index is -4.43. The first-order valence-corrected chi connectivity index (χ1v) is 16.5. The molecule has 8 heteroatoms. The fourth-order valence-corrected chi connectivity index (χ4v) is 6.44. The van der Waals surface area contributed by atoms with E-state index in [1.807, 2.05) is 44.2 Å². The molecule has 4 nitrogen and oxygen atoms in total. The van der Waals surface area contributed by atoms with Crippen LogP contribution in [-0.4, -0.2) is 41.2 Å². The molecule has 1 aliphatic rings. The van der Waals surface area contributed by atoms with Crippen LogP contribution in [0.2, 0.25) is 5.02 Å². The van der Waals surface area contributed by atoms with Crippen molar-refractivity contribution in [3.63, 3.8) is 0 Å². The van der Waals surface area contributed by atoms with E-state index in [1.165, 1.54) is 23.3 Å². The maximum atomic E-state index is 13.5. The van der Waals surface area contributed by atoms with Gasteiger partial charge in [-0.25, -0.2) is 9.98 Å². The van der Waals surface area contributed by atoms with Crippen molar-refractivity contribution in [3.05, 3.63) is 129 Å². The van der Waals surface area contributed by atoms with Crippen LogP contribution in [0.4, 0.5) is 24.5 Å². The molecule has 0 atom stereocenters. The summed E-state index contributed by atoms with van der Waals surface area (Å²) in [7, 11) is 0. The van der Waals surface area contributed by atoms with Gasteiger partial charge in [-0.3, -0.25) is 0 Å². The molecular weight excluding hydrogens is 617 g/mol. The summed E-state index contributed by atoms with van der Waals surface area (Å²) < 4.78 is 40.6. The van der Waals surface area contributed by atoms with Crippen molar-refractivity contribution in [2.24, 2.45) is 9.98 Å². The quantitative estimate of drug-likeness (QED) is 0.152. The SMILES string of the molecule is Cc1cc(C)c(N=C(c2ccc(C(F)(F)F)cc2)N2CCCN(C(=Nc3c(C(C)C)cccc3C(C)C)c3ccccc3)C2)c(Cl)c1. The van der Waals surface area contributed by atoms with Gasteiger partial charge in [0, 0.05) is 24.2 Å². The lowest BCUT2D eigenvalue weighted by atomic mass is 9.93. The summed E-state index contributed by atoms with van der Waals surface area (Å²) in [5.74, 6) is 1.98. The van der Waals surface area contributed by atoms with Crippen molar-refractivity contribution < 1.29 is 13.2 Å². The van der Waals surface area contributed by atoms with Crippen LogP contribution in [0.15, 0.2) is 94.9 Å². The van der Waals surface area contributed by atoms with Gasteiger partial charge in [0.05, 0.1) is 28.6 Å². The molecule has 4 aromatic rings. The topological polar surface area (TPSA) is 31.2 Å². The predicted molar refractivity (Wildman–Crippen MR) is 189 cm³/mol. The zero-order chi connectivity index (χ0) is 33.9. The Kier molecular flexibility index (Phi) is 10.5. The van der Waals surface area contributed by atoms with Crippen molar-refractivity contribution >= 4 is 34.6 Å². The Labute approximate surface area is 281 Å². The van der Waals surface area contributed by atoms with E-state index in [0.717, 1.165) is 53.3 Å². The molecule has 0 radical (unpaired) electrons. The van der Waals surface area contributed by atoms with Crippen molar-refractivity contribution in [1.29, 1.82) is 0 Å². The number of hydrogen-bond acceptors (Lipinski definition) is 2. The second-order valence-electron chi connectivity index (χ2n) is 12.8. The molecule has 1 aliphatic heterocycles. The summed E-state index contributed by atoms with van der Waals surface area (Å²) >= 11 is 6.72. The highest BCUT2D eigenvalue weighted by atomic mass is 35.5. The van der Waals surface area contributed by atoms with Gasteiger partial charge in [0.15, 0.2) is 0 Å². The van der Waals surface area contributed by atoms with Crippen LogP contribution in [-0.2, 0) is 6.18 Å². The first-order chi connectivity index (χ1) is 22.3. The minimum Gasteiger partial charge on any atom is -0.338 e. The van der Waals surface area contributed by atoms with Gasteiger partial charge in [-0.15, -0.1) is 0 Å². The molecule has 1 saturated heterocycles. The number of alkyl halides is 3. The molecule has 5 rings (SSSR count). The summed E-state index contributed by atoms with van der Waals surface area (Å²) in [6.07, 6.45) is -3.63. The summed E-state index contributed by atoms with van der Waals surface area (Å²) in [5, 5.41) is 0.499. The maximum absolute atomic E-state index is 13.5. The van der Waals surface area contributed by atoms with E-state index in [0.29, 0.717) is 35.3 Å². The zero-order valence-corrected chi connectivity index (χ0v) is 28.6. The van der Waals surface area contributed by atoms with Crippen LogP contribution in [0.3, 0.4) is 0 Å². The van der Waals surface area contributed by atoms with E-state index >= 15 is 0 Å². The van der Waals surface area contributed by atoms with Crippen LogP contribution in [0.5, 0.6) is 0 Å². The molecule has 0 N–H and O–H groups in total. The van der Waals surface area contributed by atoms with Gasteiger partial charge in [0.1, 0.15) is 11.7 Å². The third kappa shape index (κ3) is 7.90. The van der Waals surface area contributed by atoms with E-state index in [9.17, 15) is 13.2 Å². The number of hydrogen-bond donors (Lipinski definition) is 0. The lowest BCUT2D eigenvalue weighted by Gasteiger charge is -2.39. The number of para-hydroxylation sites is 1. The molecule has 0 bridgehead atoms. The molecule has 1 heterocycles. The molecule has 0 amide bonds. The smallest absolute Gasteiger partial charge is 0.338 e. The normalized spacial score (nSPS) is 14.8. The molecular formula is C39H42ClF3N4. The van der Waals surface area contributed by atoms with Crippen LogP contribution >= 0.6 is 11.6 Å². The van der Waals surface area contributed by atoms with Gasteiger partial charge in [-0.05, 0) is 72.6 Å². The highest BCUT2D eigenvalue weighted by molar-refractivity contribution is 6.33. The van der Waals surface area contributed by atoms with Crippen LogP contribution in [0.25, 0.3) is 0 Å². The zero-order valence-electron chi connectivity index (χ0n) is 27.9. The molecule has 47 heavy (non-hydrogen) atoms. The van der Waals surface area contributed by atoms with Crippen LogP contribution in [0, 0.1) is 13.8 Å². The number of benzene rings is 4. The van der Waals surface area contributed by atoms with Gasteiger partial charge in [-0.2, -0.15) is 13.2 Å². The van der Waals surface area contributed by atoms with Crippen LogP contribution in [0.1, 0.15) is 84.9 Å². The van der Waals surface area contributed by atoms with E-state index in [4.69, 9.17) is 21.6 Å². The van der Waals surface area contributed by atoms with Crippen molar-refractivity contribution in [2.45, 2.75) is 66.0 Å². The summed E-state index contributed by atoms with van der Waals surface area (Å²) in [6.45, 7) is 14.5. The Balaban J connectivity index is 1.64. The maximum Gasteiger partial charge on any atom is 0.416 e. The van der Waals surface area contributed by atoms with Gasteiger partial charge in [0.25, 0.3) is 0 Å². The summed E-state index contributed by atoms with van der Waals surface area (Å²) in [6, 6.07) is 25.7. The van der Waals surface area contributed by atoms with Crippen molar-refractivity contribution in [1.82, 2.24) is 9.80 Å². The number of halogens is 4.